The number of rotatable bonds is 5. The summed E-state index contributed by atoms with van der Waals surface area (Å²) >= 11 is 2.61. The summed E-state index contributed by atoms with van der Waals surface area (Å²) in [4.78, 5) is 30.5. The second-order valence-corrected chi connectivity index (χ2v) is 7.97. The lowest BCUT2D eigenvalue weighted by Crippen LogP contribution is -2.20. The molecule has 0 saturated carbocycles. The fraction of sp³-hybridized carbons (Fsp3) is 0.0952. The molecule has 2 aromatic heterocycles. The lowest BCUT2D eigenvalue weighted by atomic mass is 10.1. The van der Waals surface area contributed by atoms with Crippen molar-refractivity contribution in [2.75, 3.05) is 5.75 Å². The highest BCUT2D eigenvalue weighted by Crippen LogP contribution is 2.32. The monoisotopic (exact) mass is 410 g/mol. The number of thioether (sulfide) groups is 1. The van der Waals surface area contributed by atoms with E-state index in [-0.39, 0.29) is 22.9 Å². The van der Waals surface area contributed by atoms with Gasteiger partial charge in [0, 0.05) is 23.6 Å². The van der Waals surface area contributed by atoms with Crippen molar-refractivity contribution < 1.29 is 9.18 Å². The normalized spacial score (nSPS) is 11.1. The zero-order valence-corrected chi connectivity index (χ0v) is 16.5. The van der Waals surface area contributed by atoms with E-state index in [1.165, 1.54) is 39.8 Å². The SMILES string of the molecule is Cn1c(SCC(=O)c2ccccc2)nc2scc(-c3ccc(F)cc3)c2c1=O. The minimum Gasteiger partial charge on any atom is -0.293 e. The van der Waals surface area contributed by atoms with Crippen LogP contribution in [0.2, 0.25) is 0 Å². The third-order valence-corrected chi connectivity index (χ3v) is 6.26. The Bertz CT molecular complexity index is 1220. The molecule has 4 aromatic rings. The molecule has 7 heteroatoms. The highest BCUT2D eigenvalue weighted by molar-refractivity contribution is 7.99. The number of ketones is 1. The van der Waals surface area contributed by atoms with Crippen molar-refractivity contribution in [3.8, 4) is 11.1 Å². The van der Waals surface area contributed by atoms with Gasteiger partial charge in [-0.25, -0.2) is 9.37 Å². The molecule has 0 radical (unpaired) electrons. The number of aromatic nitrogens is 2. The number of nitrogens with zero attached hydrogens (tertiary/aromatic N) is 2. The first-order valence-electron chi connectivity index (χ1n) is 8.50. The highest BCUT2D eigenvalue weighted by Gasteiger charge is 2.17. The van der Waals surface area contributed by atoms with Crippen molar-refractivity contribution in [1.29, 1.82) is 0 Å². The second-order valence-electron chi connectivity index (χ2n) is 6.17. The van der Waals surface area contributed by atoms with Gasteiger partial charge in [-0.2, -0.15) is 0 Å². The maximum atomic E-state index is 13.2. The maximum Gasteiger partial charge on any atom is 0.263 e. The topological polar surface area (TPSA) is 52.0 Å². The van der Waals surface area contributed by atoms with E-state index in [2.05, 4.69) is 4.98 Å². The van der Waals surface area contributed by atoms with Gasteiger partial charge in [0.25, 0.3) is 5.56 Å². The molecule has 28 heavy (non-hydrogen) atoms. The first-order valence-corrected chi connectivity index (χ1v) is 10.4. The number of hydrogen-bond acceptors (Lipinski definition) is 5. The van der Waals surface area contributed by atoms with Gasteiger partial charge in [0.05, 0.1) is 11.1 Å². The zero-order valence-electron chi connectivity index (χ0n) is 14.9. The third kappa shape index (κ3) is 3.50. The van der Waals surface area contributed by atoms with Crippen LogP contribution in [0.15, 0.2) is 69.9 Å². The number of carbonyl (C=O) groups is 1. The van der Waals surface area contributed by atoms with Gasteiger partial charge in [-0.3, -0.25) is 14.2 Å². The fourth-order valence-electron chi connectivity index (χ4n) is 2.86. The Morgan fingerprint density at radius 3 is 2.57 bits per heavy atom. The number of benzene rings is 2. The van der Waals surface area contributed by atoms with Gasteiger partial charge in [-0.1, -0.05) is 54.2 Å². The average Bonchev–Trinajstić information content (AvgIpc) is 3.14. The van der Waals surface area contributed by atoms with Crippen LogP contribution in [0.3, 0.4) is 0 Å². The molecule has 140 valence electrons. The molecule has 0 fully saturated rings. The number of carbonyl (C=O) groups excluding carboxylic acids is 1. The van der Waals surface area contributed by atoms with Gasteiger partial charge in [0.2, 0.25) is 0 Å². The van der Waals surface area contributed by atoms with E-state index in [1.807, 2.05) is 23.6 Å². The predicted molar refractivity (Wildman–Crippen MR) is 112 cm³/mol. The minimum absolute atomic E-state index is 0.0156. The second kappa shape index (κ2) is 7.69. The van der Waals surface area contributed by atoms with Gasteiger partial charge in [0.15, 0.2) is 10.9 Å². The summed E-state index contributed by atoms with van der Waals surface area (Å²) in [5.41, 5.74) is 1.97. The first-order chi connectivity index (χ1) is 13.5. The molecule has 0 aliphatic heterocycles. The number of fused-ring (bicyclic) bond motifs is 1. The van der Waals surface area contributed by atoms with E-state index >= 15 is 0 Å². The van der Waals surface area contributed by atoms with Gasteiger partial charge in [0.1, 0.15) is 10.6 Å². The van der Waals surface area contributed by atoms with Crippen LogP contribution in [0.5, 0.6) is 0 Å². The Morgan fingerprint density at radius 2 is 1.86 bits per heavy atom. The Hall–Kier alpha value is -2.77. The van der Waals surface area contributed by atoms with Crippen molar-refractivity contribution in [3.63, 3.8) is 0 Å². The third-order valence-electron chi connectivity index (χ3n) is 4.36. The minimum atomic E-state index is -0.323. The molecule has 2 heterocycles. The molecule has 0 N–H and O–H groups in total. The van der Waals surface area contributed by atoms with Crippen molar-refractivity contribution in [2.45, 2.75) is 5.16 Å². The molecule has 0 aliphatic rings. The summed E-state index contributed by atoms with van der Waals surface area (Å²) in [6, 6.07) is 15.1. The molecule has 4 nitrogen and oxygen atoms in total. The standard InChI is InChI=1S/C21H15FN2O2S2/c1-24-20(26)18-16(13-7-9-15(22)10-8-13)11-27-19(18)23-21(24)28-12-17(25)14-5-3-2-4-6-14/h2-11H,12H2,1H3. The smallest absolute Gasteiger partial charge is 0.263 e. The number of thiophene rings is 1. The van der Waals surface area contributed by atoms with Crippen LogP contribution < -0.4 is 5.56 Å². The molecule has 0 spiro atoms. The lowest BCUT2D eigenvalue weighted by molar-refractivity contribution is 0.102. The summed E-state index contributed by atoms with van der Waals surface area (Å²) in [5, 5.41) is 2.86. The van der Waals surface area contributed by atoms with Crippen molar-refractivity contribution in [3.05, 3.63) is 81.7 Å². The van der Waals surface area contributed by atoms with Crippen molar-refractivity contribution in [1.82, 2.24) is 9.55 Å². The Kier molecular flexibility index (Phi) is 5.11. The molecule has 0 saturated heterocycles. The van der Waals surface area contributed by atoms with Gasteiger partial charge in [-0.05, 0) is 17.7 Å². The van der Waals surface area contributed by atoms with E-state index in [9.17, 15) is 14.0 Å². The van der Waals surface area contributed by atoms with E-state index in [0.29, 0.717) is 20.9 Å². The largest absolute Gasteiger partial charge is 0.293 e. The Balaban J connectivity index is 1.66. The number of hydrogen-bond donors (Lipinski definition) is 0. The summed E-state index contributed by atoms with van der Waals surface area (Å²) in [7, 11) is 1.65. The molecular weight excluding hydrogens is 395 g/mol. The molecule has 0 bridgehead atoms. The van der Waals surface area contributed by atoms with Crippen LogP contribution in [0.25, 0.3) is 21.3 Å². The zero-order chi connectivity index (χ0) is 19.7. The Labute approximate surface area is 168 Å². The van der Waals surface area contributed by atoms with Crippen LogP contribution >= 0.6 is 23.1 Å². The predicted octanol–water partition coefficient (Wildman–Crippen LogP) is 4.78. The summed E-state index contributed by atoms with van der Waals surface area (Å²) in [6.45, 7) is 0. The van der Waals surface area contributed by atoms with Crippen LogP contribution in [-0.4, -0.2) is 21.1 Å². The molecular formula is C21H15FN2O2S2. The molecule has 0 amide bonds. The average molecular weight is 410 g/mol. The molecule has 0 atom stereocenters. The molecule has 2 aromatic carbocycles. The lowest BCUT2D eigenvalue weighted by Gasteiger charge is -2.08. The molecule has 4 rings (SSSR count). The van der Waals surface area contributed by atoms with Gasteiger partial charge < -0.3 is 0 Å². The van der Waals surface area contributed by atoms with Crippen LogP contribution in [0.1, 0.15) is 10.4 Å². The van der Waals surface area contributed by atoms with E-state index < -0.39 is 0 Å². The van der Waals surface area contributed by atoms with E-state index in [1.54, 1.807) is 31.3 Å². The van der Waals surface area contributed by atoms with Crippen LogP contribution in [0, 0.1) is 5.82 Å². The van der Waals surface area contributed by atoms with Crippen LogP contribution in [0.4, 0.5) is 4.39 Å². The van der Waals surface area contributed by atoms with E-state index in [4.69, 9.17) is 0 Å². The highest BCUT2D eigenvalue weighted by atomic mass is 32.2. The van der Waals surface area contributed by atoms with E-state index in [0.717, 1.165) is 11.1 Å². The van der Waals surface area contributed by atoms with Crippen LogP contribution in [-0.2, 0) is 7.05 Å². The fourth-order valence-corrected chi connectivity index (χ4v) is 4.72. The maximum absolute atomic E-state index is 13.2. The number of Topliss-reactive ketones (excluding diaryl/α,β-unsaturated/α-hetero) is 1. The van der Waals surface area contributed by atoms with Gasteiger partial charge >= 0.3 is 0 Å². The Morgan fingerprint density at radius 1 is 1.14 bits per heavy atom. The van der Waals surface area contributed by atoms with Crippen molar-refractivity contribution >= 4 is 39.1 Å². The quantitative estimate of drug-likeness (QED) is 0.270. The van der Waals surface area contributed by atoms with Gasteiger partial charge in [-0.15, -0.1) is 11.3 Å². The molecule has 0 unspecified atom stereocenters. The van der Waals surface area contributed by atoms with Crippen molar-refractivity contribution in [2.24, 2.45) is 7.05 Å². The summed E-state index contributed by atoms with van der Waals surface area (Å²) in [5.74, 6) is -0.138. The summed E-state index contributed by atoms with van der Waals surface area (Å²) < 4.78 is 14.7. The molecule has 0 aliphatic carbocycles. The number of halogens is 1. The summed E-state index contributed by atoms with van der Waals surface area (Å²) in [6.07, 6.45) is 0. The first kappa shape index (κ1) is 18.6.